The van der Waals surface area contributed by atoms with E-state index in [1.165, 1.54) is 4.90 Å². The number of aryl methyl sites for hydroxylation is 3. The number of amides is 3. The maximum absolute atomic E-state index is 14.3. The van der Waals surface area contributed by atoms with Gasteiger partial charge in [0.05, 0.1) is 16.8 Å². The largest absolute Gasteiger partial charge is 0.444 e. The molecule has 2 N–H and O–H groups in total. The minimum Gasteiger partial charge on any atom is -0.444 e. The van der Waals surface area contributed by atoms with Crippen LogP contribution in [0.1, 0.15) is 54.6 Å². The molecular weight excluding hydrogens is 552 g/mol. The molecule has 0 aliphatic heterocycles. The summed E-state index contributed by atoms with van der Waals surface area (Å²) in [4.78, 5) is 42.4. The molecule has 2 atom stereocenters. The molecule has 3 rings (SSSR count). The lowest BCUT2D eigenvalue weighted by Crippen LogP contribution is -2.53. The second kappa shape index (κ2) is 14.0. The topological polar surface area (TPSA) is 112 Å². The number of para-hydroxylation sites is 1. The number of halogens is 1. The number of nitrogens with zero attached hydrogens (tertiary/aromatic N) is 2. The summed E-state index contributed by atoms with van der Waals surface area (Å²) in [6.07, 6.45) is -0.668. The first-order valence-electron chi connectivity index (χ1n) is 13.6. The lowest BCUT2D eigenvalue weighted by atomic mass is 9.97. The minimum atomic E-state index is -1.20. The predicted octanol–water partition coefficient (Wildman–Crippen LogP) is 6.43. The van der Waals surface area contributed by atoms with Crippen LogP contribution >= 0.6 is 11.6 Å². The highest BCUT2D eigenvalue weighted by molar-refractivity contribution is 6.34. The number of nitriles is 1. The fourth-order valence-electron chi connectivity index (χ4n) is 4.46. The Morgan fingerprint density at radius 2 is 1.64 bits per heavy atom. The van der Waals surface area contributed by atoms with E-state index in [1.54, 1.807) is 39.0 Å². The van der Waals surface area contributed by atoms with Gasteiger partial charge in [-0.1, -0.05) is 72.3 Å². The number of carbonyl (C=O) groups excluding carboxylic acids is 3. The Labute approximate surface area is 252 Å². The first-order chi connectivity index (χ1) is 19.8. The molecule has 0 spiro atoms. The van der Waals surface area contributed by atoms with Gasteiger partial charge in [0.2, 0.25) is 5.91 Å². The first-order valence-corrected chi connectivity index (χ1v) is 14.0. The third kappa shape index (κ3) is 8.58. The average Bonchev–Trinajstić information content (AvgIpc) is 2.91. The van der Waals surface area contributed by atoms with Crippen molar-refractivity contribution in [1.82, 2.24) is 10.2 Å². The van der Waals surface area contributed by atoms with Crippen molar-refractivity contribution >= 4 is 35.2 Å². The summed E-state index contributed by atoms with van der Waals surface area (Å²) in [6.45, 7) is 10.4. The quantitative estimate of drug-likeness (QED) is 0.280. The average molecular weight is 589 g/mol. The maximum Gasteiger partial charge on any atom is 0.408 e. The maximum atomic E-state index is 14.3. The summed E-state index contributed by atoms with van der Waals surface area (Å²) in [6, 6.07) is 19.6. The Hall–Kier alpha value is -4.35. The van der Waals surface area contributed by atoms with Crippen molar-refractivity contribution in [3.05, 3.63) is 99.6 Å². The number of nitrogens with one attached hydrogen (secondary N) is 2. The van der Waals surface area contributed by atoms with E-state index >= 15 is 0 Å². The van der Waals surface area contributed by atoms with Crippen LogP contribution in [0.15, 0.2) is 66.7 Å². The molecule has 0 aromatic heterocycles. The number of carbonyl (C=O) groups is 3. The second-order valence-electron chi connectivity index (χ2n) is 11.2. The number of alkyl carbamates (subject to hydrolysis) is 1. The molecular formula is C33H37ClN4O4. The standard InChI is InChI=1S/C33H37ClN4O4/c1-21-15-16-25(19-23(21)3)29(30(39)37-28-22(2)11-10-14-26(28)34)38(18-17-35)31(40)27(20-24-12-8-7-9-13-24)36-32(41)42-33(4,5)6/h7-16,19,27,29H,18,20H2,1-6H3,(H,36,41)(H,37,39). The molecule has 42 heavy (non-hydrogen) atoms. The highest BCUT2D eigenvalue weighted by Gasteiger charge is 2.37. The van der Waals surface area contributed by atoms with E-state index in [9.17, 15) is 19.6 Å². The van der Waals surface area contributed by atoms with Crippen LogP contribution in [0, 0.1) is 32.1 Å². The van der Waals surface area contributed by atoms with Gasteiger partial charge in [0, 0.05) is 6.42 Å². The van der Waals surface area contributed by atoms with Crippen LogP contribution in [-0.2, 0) is 20.7 Å². The fraction of sp³-hybridized carbons (Fsp3) is 0.333. The van der Waals surface area contributed by atoms with Gasteiger partial charge < -0.3 is 20.3 Å². The van der Waals surface area contributed by atoms with E-state index in [1.807, 2.05) is 75.4 Å². The monoisotopic (exact) mass is 588 g/mol. The minimum absolute atomic E-state index is 0.117. The summed E-state index contributed by atoms with van der Waals surface area (Å²) < 4.78 is 5.44. The van der Waals surface area contributed by atoms with Crippen molar-refractivity contribution in [2.24, 2.45) is 0 Å². The van der Waals surface area contributed by atoms with Crippen LogP contribution in [0.3, 0.4) is 0 Å². The van der Waals surface area contributed by atoms with Gasteiger partial charge >= 0.3 is 6.09 Å². The Morgan fingerprint density at radius 1 is 0.952 bits per heavy atom. The van der Waals surface area contributed by atoms with Gasteiger partial charge in [0.15, 0.2) is 0 Å². The Balaban J connectivity index is 2.09. The van der Waals surface area contributed by atoms with Crippen LogP contribution in [0.5, 0.6) is 0 Å². The van der Waals surface area contributed by atoms with Gasteiger partial charge in [0.25, 0.3) is 5.91 Å². The lowest BCUT2D eigenvalue weighted by Gasteiger charge is -2.33. The SMILES string of the molecule is Cc1ccc(C(C(=O)Nc2c(C)cccc2Cl)N(CC#N)C(=O)C(Cc2ccccc2)NC(=O)OC(C)(C)C)cc1C. The van der Waals surface area contributed by atoms with Crippen molar-refractivity contribution in [3.63, 3.8) is 0 Å². The van der Waals surface area contributed by atoms with E-state index in [0.29, 0.717) is 16.3 Å². The van der Waals surface area contributed by atoms with Crippen molar-refractivity contribution in [2.45, 2.75) is 65.6 Å². The molecule has 3 amide bonds. The van der Waals surface area contributed by atoms with Crippen LogP contribution in [0.2, 0.25) is 5.02 Å². The number of hydrogen-bond donors (Lipinski definition) is 2. The summed E-state index contributed by atoms with van der Waals surface area (Å²) >= 11 is 6.42. The number of benzene rings is 3. The third-order valence-corrected chi connectivity index (χ3v) is 6.99. The molecule has 8 nitrogen and oxygen atoms in total. The lowest BCUT2D eigenvalue weighted by molar-refractivity contribution is -0.140. The summed E-state index contributed by atoms with van der Waals surface area (Å²) in [5.41, 5.74) is 3.56. The first kappa shape index (κ1) is 32.2. The highest BCUT2D eigenvalue weighted by Crippen LogP contribution is 2.30. The number of anilines is 1. The molecule has 0 heterocycles. The Morgan fingerprint density at radius 3 is 2.24 bits per heavy atom. The molecule has 2 unspecified atom stereocenters. The number of rotatable bonds is 9. The molecule has 9 heteroatoms. The summed E-state index contributed by atoms with van der Waals surface area (Å²) in [5.74, 6) is -1.16. The van der Waals surface area contributed by atoms with Crippen molar-refractivity contribution in [1.29, 1.82) is 5.26 Å². The smallest absolute Gasteiger partial charge is 0.408 e. The van der Waals surface area contributed by atoms with Gasteiger partial charge in [-0.2, -0.15) is 5.26 Å². The molecule has 3 aromatic rings. The zero-order valence-electron chi connectivity index (χ0n) is 24.8. The molecule has 0 aliphatic carbocycles. The van der Waals surface area contributed by atoms with Gasteiger partial charge in [-0.05, 0) is 75.4 Å². The van der Waals surface area contributed by atoms with E-state index in [4.69, 9.17) is 16.3 Å². The fourth-order valence-corrected chi connectivity index (χ4v) is 4.73. The van der Waals surface area contributed by atoms with Crippen LogP contribution in [0.4, 0.5) is 10.5 Å². The highest BCUT2D eigenvalue weighted by atomic mass is 35.5. The molecule has 3 aromatic carbocycles. The van der Waals surface area contributed by atoms with Gasteiger partial charge in [-0.3, -0.25) is 9.59 Å². The molecule has 0 fully saturated rings. The Kier molecular flexibility index (Phi) is 10.7. The number of hydrogen-bond acceptors (Lipinski definition) is 5. The Bertz CT molecular complexity index is 1460. The van der Waals surface area contributed by atoms with Gasteiger partial charge in [0.1, 0.15) is 24.2 Å². The van der Waals surface area contributed by atoms with E-state index in [0.717, 1.165) is 22.3 Å². The molecule has 0 saturated carbocycles. The number of ether oxygens (including phenoxy) is 1. The molecule has 0 radical (unpaired) electrons. The second-order valence-corrected chi connectivity index (χ2v) is 11.6. The normalized spacial score (nSPS) is 12.4. The van der Waals surface area contributed by atoms with Gasteiger partial charge in [-0.25, -0.2) is 4.79 Å². The zero-order valence-corrected chi connectivity index (χ0v) is 25.6. The molecule has 0 bridgehead atoms. The molecule has 0 saturated heterocycles. The summed E-state index contributed by atoms with van der Waals surface area (Å²) in [5, 5.41) is 15.7. The van der Waals surface area contributed by atoms with Crippen LogP contribution in [0.25, 0.3) is 0 Å². The van der Waals surface area contributed by atoms with Crippen molar-refractivity contribution in [3.8, 4) is 6.07 Å². The summed E-state index contributed by atoms with van der Waals surface area (Å²) in [7, 11) is 0. The van der Waals surface area contributed by atoms with Crippen LogP contribution < -0.4 is 10.6 Å². The predicted molar refractivity (Wildman–Crippen MR) is 164 cm³/mol. The molecule has 0 aliphatic rings. The molecule has 220 valence electrons. The van der Waals surface area contributed by atoms with Gasteiger partial charge in [-0.15, -0.1) is 0 Å². The zero-order chi connectivity index (χ0) is 31.0. The van der Waals surface area contributed by atoms with E-state index in [2.05, 4.69) is 10.6 Å². The van der Waals surface area contributed by atoms with E-state index < -0.39 is 42.1 Å². The van der Waals surface area contributed by atoms with E-state index in [-0.39, 0.29) is 6.42 Å². The van der Waals surface area contributed by atoms with Crippen molar-refractivity contribution < 1.29 is 19.1 Å². The van der Waals surface area contributed by atoms with Crippen LogP contribution in [-0.4, -0.2) is 41.0 Å². The van der Waals surface area contributed by atoms with Crippen molar-refractivity contribution in [2.75, 3.05) is 11.9 Å². The third-order valence-electron chi connectivity index (χ3n) is 6.67.